The Kier molecular flexibility index (Phi) is 6.40. The van der Waals surface area contributed by atoms with Crippen molar-refractivity contribution in [2.24, 2.45) is 5.73 Å². The van der Waals surface area contributed by atoms with Crippen LogP contribution in [0.2, 0.25) is 0 Å². The van der Waals surface area contributed by atoms with E-state index in [2.05, 4.69) is 5.32 Å². The highest BCUT2D eigenvalue weighted by Crippen LogP contribution is 2.14. The summed E-state index contributed by atoms with van der Waals surface area (Å²) in [4.78, 5) is 21.8. The number of anilines is 1. The summed E-state index contributed by atoms with van der Waals surface area (Å²) in [5, 5.41) is 20.1. The normalized spacial score (nSPS) is 11.2. The second kappa shape index (κ2) is 7.25. The van der Waals surface area contributed by atoms with Gasteiger partial charge in [-0.15, -0.1) is 0 Å². The molecule has 1 amide bonds. The molecule has 0 heterocycles. The molecule has 1 rings (SSSR count). The van der Waals surface area contributed by atoms with Gasteiger partial charge in [-0.3, -0.25) is 9.59 Å². The van der Waals surface area contributed by atoms with Gasteiger partial charge >= 0.3 is 5.97 Å². The van der Waals surface area contributed by atoms with Gasteiger partial charge in [0.05, 0.1) is 0 Å². The van der Waals surface area contributed by atoms with Crippen LogP contribution in [0.4, 0.5) is 5.69 Å². The lowest BCUT2D eigenvalue weighted by atomic mass is 10.1. The van der Waals surface area contributed by atoms with Gasteiger partial charge < -0.3 is 26.7 Å². The number of nitrogens with one attached hydrogen (secondary N) is 1. The Hall–Kier alpha value is -2.12. The minimum absolute atomic E-state index is 0. The Morgan fingerprint density at radius 1 is 1.28 bits per heavy atom. The highest BCUT2D eigenvalue weighted by atomic mass is 16.4. The Balaban J connectivity index is 0.00000289. The van der Waals surface area contributed by atoms with Crippen LogP contribution < -0.4 is 11.1 Å². The van der Waals surface area contributed by atoms with Gasteiger partial charge in [-0.25, -0.2) is 0 Å². The van der Waals surface area contributed by atoms with Crippen molar-refractivity contribution in [2.75, 3.05) is 5.32 Å². The molecule has 0 spiro atoms. The second-order valence-corrected chi connectivity index (χ2v) is 3.58. The van der Waals surface area contributed by atoms with E-state index in [0.29, 0.717) is 5.69 Å². The molecular formula is C11H16N2O5. The molecule has 1 aromatic carbocycles. The molecule has 18 heavy (non-hydrogen) atoms. The Morgan fingerprint density at radius 3 is 2.33 bits per heavy atom. The van der Waals surface area contributed by atoms with E-state index in [1.54, 1.807) is 12.1 Å². The van der Waals surface area contributed by atoms with Crippen LogP contribution in [0.1, 0.15) is 12.8 Å². The predicted octanol–water partition coefficient (Wildman–Crippen LogP) is -0.302. The number of amides is 1. The van der Waals surface area contributed by atoms with Crippen LogP contribution in [-0.4, -0.2) is 33.6 Å². The number of aromatic hydroxyl groups is 1. The topological polar surface area (TPSA) is 144 Å². The minimum Gasteiger partial charge on any atom is -0.508 e. The smallest absolute Gasteiger partial charge is 0.320 e. The number of nitrogens with two attached hydrogens (primary N) is 1. The molecule has 0 saturated heterocycles. The summed E-state index contributed by atoms with van der Waals surface area (Å²) in [7, 11) is 0. The zero-order valence-corrected chi connectivity index (χ0v) is 9.59. The third-order valence-electron chi connectivity index (χ3n) is 2.15. The summed E-state index contributed by atoms with van der Waals surface area (Å²) in [6, 6.07) is 4.95. The lowest BCUT2D eigenvalue weighted by molar-refractivity contribution is -0.138. The minimum atomic E-state index is -1.12. The fraction of sp³-hybridized carbons (Fsp3) is 0.273. The van der Waals surface area contributed by atoms with Gasteiger partial charge in [0.1, 0.15) is 11.8 Å². The predicted molar refractivity (Wildman–Crippen MR) is 65.2 cm³/mol. The van der Waals surface area contributed by atoms with Crippen LogP contribution in [0.5, 0.6) is 5.75 Å². The van der Waals surface area contributed by atoms with E-state index in [1.165, 1.54) is 12.1 Å². The van der Waals surface area contributed by atoms with E-state index < -0.39 is 12.0 Å². The van der Waals surface area contributed by atoms with Crippen molar-refractivity contribution in [3.8, 4) is 5.75 Å². The molecule has 0 saturated carbocycles. The Bertz CT molecular complexity index is 404. The number of hydrogen-bond acceptors (Lipinski definition) is 4. The summed E-state index contributed by atoms with van der Waals surface area (Å²) < 4.78 is 0. The van der Waals surface area contributed by atoms with Crippen LogP contribution in [0.15, 0.2) is 24.3 Å². The standard InChI is InChI=1S/C11H14N2O4.H2O/c12-9(11(16)17)5-6-10(15)13-7-1-3-8(14)4-2-7;/h1-4,9,14H,5-6,12H2,(H,13,15)(H,16,17);1H2/t9-;/m0./s1. The van der Waals surface area contributed by atoms with Crippen molar-refractivity contribution < 1.29 is 25.3 Å². The van der Waals surface area contributed by atoms with Gasteiger partial charge in [-0.2, -0.15) is 0 Å². The number of carboxylic acid groups (broad SMARTS) is 1. The lowest BCUT2D eigenvalue weighted by Crippen LogP contribution is -2.31. The first kappa shape index (κ1) is 15.9. The van der Waals surface area contributed by atoms with Crippen molar-refractivity contribution in [1.82, 2.24) is 0 Å². The lowest BCUT2D eigenvalue weighted by Gasteiger charge is -2.07. The second-order valence-electron chi connectivity index (χ2n) is 3.58. The zero-order valence-electron chi connectivity index (χ0n) is 9.59. The van der Waals surface area contributed by atoms with E-state index in [1.807, 2.05) is 0 Å². The molecule has 1 atom stereocenters. The molecular weight excluding hydrogens is 240 g/mol. The van der Waals surface area contributed by atoms with Gasteiger partial charge in [0.25, 0.3) is 0 Å². The van der Waals surface area contributed by atoms with Gasteiger partial charge in [-0.05, 0) is 30.7 Å². The van der Waals surface area contributed by atoms with Crippen LogP contribution in [0, 0.1) is 0 Å². The third-order valence-corrected chi connectivity index (χ3v) is 2.15. The quantitative estimate of drug-likeness (QED) is 0.534. The molecule has 0 unspecified atom stereocenters. The van der Waals surface area contributed by atoms with Crippen molar-refractivity contribution in [2.45, 2.75) is 18.9 Å². The van der Waals surface area contributed by atoms with Gasteiger partial charge in [0.2, 0.25) is 5.91 Å². The maximum Gasteiger partial charge on any atom is 0.320 e. The first-order valence-electron chi connectivity index (χ1n) is 5.06. The number of benzene rings is 1. The average Bonchev–Trinajstić information content (AvgIpc) is 2.29. The number of phenols is 1. The number of hydrogen-bond donors (Lipinski definition) is 4. The number of carbonyl (C=O) groups is 2. The largest absolute Gasteiger partial charge is 0.508 e. The molecule has 0 aromatic heterocycles. The van der Waals surface area contributed by atoms with E-state index in [9.17, 15) is 9.59 Å². The van der Waals surface area contributed by atoms with E-state index in [-0.39, 0.29) is 30.0 Å². The highest BCUT2D eigenvalue weighted by Gasteiger charge is 2.13. The SMILES string of the molecule is N[C@@H](CCC(=O)Nc1ccc(O)cc1)C(=O)O.O. The molecule has 0 fully saturated rings. The number of phenolic OH excluding ortho intramolecular Hbond substituents is 1. The maximum atomic E-state index is 11.4. The molecule has 100 valence electrons. The summed E-state index contributed by atoms with van der Waals surface area (Å²) >= 11 is 0. The van der Waals surface area contributed by atoms with E-state index >= 15 is 0 Å². The summed E-state index contributed by atoms with van der Waals surface area (Å²) in [6.45, 7) is 0. The number of carboxylic acids is 1. The van der Waals surface area contributed by atoms with Crippen LogP contribution >= 0.6 is 0 Å². The molecule has 0 aliphatic rings. The molecule has 7 N–H and O–H groups in total. The van der Waals surface area contributed by atoms with Crippen molar-refractivity contribution in [3.05, 3.63) is 24.3 Å². The summed E-state index contributed by atoms with van der Waals surface area (Å²) in [6.07, 6.45) is 0.119. The van der Waals surface area contributed by atoms with Crippen LogP contribution in [0.3, 0.4) is 0 Å². The van der Waals surface area contributed by atoms with Crippen molar-refractivity contribution >= 4 is 17.6 Å². The molecule has 0 bridgehead atoms. The Morgan fingerprint density at radius 2 is 1.83 bits per heavy atom. The van der Waals surface area contributed by atoms with E-state index in [0.717, 1.165) is 0 Å². The number of rotatable bonds is 5. The zero-order chi connectivity index (χ0) is 12.8. The first-order chi connectivity index (χ1) is 7.99. The molecule has 7 heteroatoms. The third kappa shape index (κ3) is 5.28. The van der Waals surface area contributed by atoms with Gasteiger partial charge in [0, 0.05) is 12.1 Å². The van der Waals surface area contributed by atoms with Crippen molar-refractivity contribution in [1.29, 1.82) is 0 Å². The number of aliphatic carboxylic acids is 1. The molecule has 7 nitrogen and oxygen atoms in total. The summed E-state index contributed by atoms with van der Waals surface area (Å²) in [5.41, 5.74) is 5.80. The van der Waals surface area contributed by atoms with Gasteiger partial charge in [-0.1, -0.05) is 0 Å². The monoisotopic (exact) mass is 256 g/mol. The molecule has 0 aliphatic carbocycles. The molecule has 1 aromatic rings. The van der Waals surface area contributed by atoms with Crippen molar-refractivity contribution in [3.63, 3.8) is 0 Å². The highest BCUT2D eigenvalue weighted by molar-refractivity contribution is 5.91. The molecule has 0 aliphatic heterocycles. The summed E-state index contributed by atoms with van der Waals surface area (Å²) in [5.74, 6) is -1.33. The van der Waals surface area contributed by atoms with Crippen LogP contribution in [0.25, 0.3) is 0 Å². The van der Waals surface area contributed by atoms with Crippen LogP contribution in [-0.2, 0) is 9.59 Å². The van der Waals surface area contributed by atoms with E-state index in [4.69, 9.17) is 15.9 Å². The van der Waals surface area contributed by atoms with Gasteiger partial charge in [0.15, 0.2) is 0 Å². The fourth-order valence-electron chi connectivity index (χ4n) is 1.18. The number of carbonyl (C=O) groups excluding carboxylic acids is 1. The molecule has 0 radical (unpaired) electrons. The first-order valence-corrected chi connectivity index (χ1v) is 5.06. The fourth-order valence-corrected chi connectivity index (χ4v) is 1.18. The maximum absolute atomic E-state index is 11.4. The average molecular weight is 256 g/mol. The Labute approximate surface area is 104 Å².